The van der Waals surface area contributed by atoms with E-state index < -0.39 is 18.1 Å². The van der Waals surface area contributed by atoms with E-state index in [-0.39, 0.29) is 12.4 Å². The SMILES string of the molecule is CCCCCCCCCCCCCCCCCCCCCCCC(=O)CCC(CO)C(O)C(CCCCCCCCCCC)N=O. The minimum absolute atomic E-state index is 0.206. The lowest BCUT2D eigenvalue weighted by atomic mass is 9.89. The predicted octanol–water partition coefficient (Wildman–Crippen LogP) is 13.0. The molecule has 0 heterocycles. The molecule has 0 aromatic heterocycles. The van der Waals surface area contributed by atoms with Crippen molar-refractivity contribution in [2.45, 2.75) is 244 Å². The molecule has 5 nitrogen and oxygen atoms in total. The van der Waals surface area contributed by atoms with E-state index in [0.29, 0.717) is 25.7 Å². The maximum Gasteiger partial charge on any atom is 0.132 e. The van der Waals surface area contributed by atoms with Crippen molar-refractivity contribution in [3.8, 4) is 0 Å². The van der Waals surface area contributed by atoms with Gasteiger partial charge in [0, 0.05) is 25.4 Å². The molecule has 0 aromatic carbocycles. The van der Waals surface area contributed by atoms with Crippen LogP contribution in [0, 0.1) is 10.8 Å². The van der Waals surface area contributed by atoms with Gasteiger partial charge in [0.1, 0.15) is 11.8 Å². The molecule has 2 N–H and O–H groups in total. The fourth-order valence-corrected chi connectivity index (χ4v) is 6.86. The number of nitrogens with zero attached hydrogens (tertiary/aromatic N) is 1. The number of hydrogen-bond donors (Lipinski definition) is 2. The van der Waals surface area contributed by atoms with Crippen molar-refractivity contribution in [3.63, 3.8) is 0 Å². The highest BCUT2D eigenvalue weighted by molar-refractivity contribution is 5.78. The lowest BCUT2D eigenvalue weighted by molar-refractivity contribution is -0.119. The van der Waals surface area contributed by atoms with Crippen molar-refractivity contribution in [1.82, 2.24) is 0 Å². The number of Topliss-reactive ketones (excluding diaryl/α,β-unsaturated/α-hetero) is 1. The Morgan fingerprint density at radius 2 is 0.804 bits per heavy atom. The summed E-state index contributed by atoms with van der Waals surface area (Å²) in [6, 6.07) is -0.689. The standard InChI is InChI=1S/C41H81NO4/c1-3-5-7-9-11-13-14-15-16-17-18-19-20-21-22-23-24-26-27-29-31-33-39(44)36-35-38(37-43)41(45)40(42-46)34-32-30-28-25-12-10-8-6-4-2/h38,40-41,43,45H,3-37H2,1-2H3. The van der Waals surface area contributed by atoms with E-state index >= 15 is 0 Å². The first-order valence-electron chi connectivity index (χ1n) is 20.7. The first-order chi connectivity index (χ1) is 22.6. The zero-order valence-electron chi connectivity index (χ0n) is 31.1. The Morgan fingerprint density at radius 3 is 1.13 bits per heavy atom. The van der Waals surface area contributed by atoms with Crippen LogP contribution >= 0.6 is 0 Å². The molecule has 0 saturated carbocycles. The molecule has 0 amide bonds. The molecule has 0 aliphatic heterocycles. The van der Waals surface area contributed by atoms with Gasteiger partial charge in [-0.1, -0.05) is 205 Å². The highest BCUT2D eigenvalue weighted by Crippen LogP contribution is 2.22. The molecule has 0 spiro atoms. The van der Waals surface area contributed by atoms with Gasteiger partial charge in [-0.2, -0.15) is 4.91 Å². The average Bonchev–Trinajstić information content (AvgIpc) is 3.06. The summed E-state index contributed by atoms with van der Waals surface area (Å²) in [7, 11) is 0. The number of carbonyl (C=O) groups excluding carboxylic acids is 1. The van der Waals surface area contributed by atoms with Crippen LogP contribution in [0.3, 0.4) is 0 Å². The predicted molar refractivity (Wildman–Crippen MR) is 199 cm³/mol. The summed E-state index contributed by atoms with van der Waals surface area (Å²) in [5.74, 6) is -0.247. The number of ketones is 1. The van der Waals surface area contributed by atoms with Gasteiger partial charge in [-0.05, 0) is 19.3 Å². The molecule has 0 rings (SSSR count). The van der Waals surface area contributed by atoms with Gasteiger partial charge in [0.05, 0.1) is 6.10 Å². The second kappa shape index (κ2) is 37.0. The molecule has 5 heteroatoms. The van der Waals surface area contributed by atoms with Gasteiger partial charge in [0.15, 0.2) is 0 Å². The van der Waals surface area contributed by atoms with Crippen LogP contribution in [0.25, 0.3) is 0 Å². The number of nitroso groups, excluding NO2 is 1. The Kier molecular flexibility index (Phi) is 36.4. The normalized spacial score (nSPS) is 13.6. The lowest BCUT2D eigenvalue weighted by Crippen LogP contribution is -2.34. The average molecular weight is 652 g/mol. The minimum atomic E-state index is -0.964. The maximum absolute atomic E-state index is 12.4. The van der Waals surface area contributed by atoms with Crippen molar-refractivity contribution in [2.24, 2.45) is 11.1 Å². The summed E-state index contributed by atoms with van der Waals surface area (Å²) in [4.78, 5) is 23.9. The second-order valence-corrected chi connectivity index (χ2v) is 14.6. The zero-order chi connectivity index (χ0) is 33.8. The van der Waals surface area contributed by atoms with Gasteiger partial charge in [0.25, 0.3) is 0 Å². The number of aliphatic hydroxyl groups is 2. The monoisotopic (exact) mass is 652 g/mol. The van der Waals surface area contributed by atoms with E-state index in [1.165, 1.54) is 161 Å². The van der Waals surface area contributed by atoms with E-state index in [9.17, 15) is 19.9 Å². The van der Waals surface area contributed by atoms with Gasteiger partial charge in [-0.15, -0.1) is 0 Å². The van der Waals surface area contributed by atoms with Crippen molar-refractivity contribution in [1.29, 1.82) is 0 Å². The summed E-state index contributed by atoms with van der Waals surface area (Å²) in [6.45, 7) is 4.31. The zero-order valence-corrected chi connectivity index (χ0v) is 31.1. The Bertz CT molecular complexity index is 628. The van der Waals surface area contributed by atoms with E-state index in [1.54, 1.807) is 0 Å². The lowest BCUT2D eigenvalue weighted by Gasteiger charge is -2.24. The Labute approximate surface area is 287 Å². The van der Waals surface area contributed by atoms with Gasteiger partial charge in [-0.3, -0.25) is 4.79 Å². The molecule has 0 saturated heterocycles. The Morgan fingerprint density at radius 1 is 0.478 bits per heavy atom. The topological polar surface area (TPSA) is 87.0 Å². The molecule has 3 atom stereocenters. The third-order valence-electron chi connectivity index (χ3n) is 10.2. The van der Waals surface area contributed by atoms with Crippen molar-refractivity contribution in [2.75, 3.05) is 6.61 Å². The van der Waals surface area contributed by atoms with Crippen molar-refractivity contribution in [3.05, 3.63) is 4.91 Å². The Balaban J connectivity index is 3.63. The first kappa shape index (κ1) is 45.2. The smallest absolute Gasteiger partial charge is 0.132 e. The van der Waals surface area contributed by atoms with Crippen LogP contribution in [0.1, 0.15) is 232 Å². The van der Waals surface area contributed by atoms with Crippen LogP contribution < -0.4 is 0 Å². The molecule has 0 aromatic rings. The van der Waals surface area contributed by atoms with Crippen molar-refractivity contribution >= 4 is 5.78 Å². The number of aliphatic hydroxyl groups excluding tert-OH is 2. The number of rotatable bonds is 39. The van der Waals surface area contributed by atoms with Crippen LogP contribution in [0.2, 0.25) is 0 Å². The Hall–Kier alpha value is -0.810. The highest BCUT2D eigenvalue weighted by atomic mass is 16.3. The van der Waals surface area contributed by atoms with E-state index in [4.69, 9.17) is 0 Å². The van der Waals surface area contributed by atoms with Gasteiger partial charge >= 0.3 is 0 Å². The summed E-state index contributed by atoms with van der Waals surface area (Å²) in [6.07, 6.45) is 40.2. The molecule has 274 valence electrons. The summed E-state index contributed by atoms with van der Waals surface area (Å²) < 4.78 is 0. The third-order valence-corrected chi connectivity index (χ3v) is 10.2. The fraction of sp³-hybridized carbons (Fsp3) is 0.976. The molecule has 46 heavy (non-hydrogen) atoms. The van der Waals surface area contributed by atoms with Crippen LogP contribution in [0.4, 0.5) is 0 Å². The largest absolute Gasteiger partial charge is 0.396 e. The molecule has 0 bridgehead atoms. The van der Waals surface area contributed by atoms with Crippen LogP contribution in [0.15, 0.2) is 5.18 Å². The van der Waals surface area contributed by atoms with Gasteiger partial charge in [0.2, 0.25) is 0 Å². The second-order valence-electron chi connectivity index (χ2n) is 14.6. The third kappa shape index (κ3) is 30.5. The molecule has 3 unspecified atom stereocenters. The minimum Gasteiger partial charge on any atom is -0.396 e. The van der Waals surface area contributed by atoms with Crippen LogP contribution in [0.5, 0.6) is 0 Å². The number of unbranched alkanes of at least 4 members (excludes halogenated alkanes) is 28. The summed E-state index contributed by atoms with van der Waals surface area (Å²) in [5.41, 5.74) is 0. The highest BCUT2D eigenvalue weighted by Gasteiger charge is 2.28. The fourth-order valence-electron chi connectivity index (χ4n) is 6.86. The molecule has 0 radical (unpaired) electrons. The number of carbonyl (C=O) groups is 1. The van der Waals surface area contributed by atoms with Crippen LogP contribution in [-0.4, -0.2) is 34.7 Å². The van der Waals surface area contributed by atoms with Gasteiger partial charge in [-0.25, -0.2) is 0 Å². The molecule has 0 aliphatic rings. The summed E-state index contributed by atoms with van der Waals surface area (Å²) >= 11 is 0. The maximum atomic E-state index is 12.4. The molecule has 0 aliphatic carbocycles. The molecular weight excluding hydrogens is 570 g/mol. The van der Waals surface area contributed by atoms with E-state index in [1.807, 2.05) is 0 Å². The van der Waals surface area contributed by atoms with E-state index in [2.05, 4.69) is 19.0 Å². The van der Waals surface area contributed by atoms with E-state index in [0.717, 1.165) is 32.1 Å². The first-order valence-corrected chi connectivity index (χ1v) is 20.7. The number of hydrogen-bond acceptors (Lipinski definition) is 5. The van der Waals surface area contributed by atoms with Crippen LogP contribution in [-0.2, 0) is 4.79 Å². The van der Waals surface area contributed by atoms with Gasteiger partial charge < -0.3 is 10.2 Å². The quantitative estimate of drug-likeness (QED) is 0.0511. The molecule has 0 fully saturated rings. The van der Waals surface area contributed by atoms with Crippen molar-refractivity contribution < 1.29 is 15.0 Å². The summed E-state index contributed by atoms with van der Waals surface area (Å²) in [5, 5.41) is 23.7. The molecular formula is C41H81NO4.